The van der Waals surface area contributed by atoms with Crippen molar-refractivity contribution >= 4 is 101 Å². The highest BCUT2D eigenvalue weighted by Gasteiger charge is 2.31. The van der Waals surface area contributed by atoms with E-state index in [2.05, 4.69) is 282 Å². The number of rotatable bonds is 13. The minimum Gasteiger partial charge on any atom is -0.456 e. The highest BCUT2D eigenvalue weighted by molar-refractivity contribution is 7.99. The Kier molecular flexibility index (Phi) is 12.0. The van der Waals surface area contributed by atoms with E-state index in [0.29, 0.717) is 6.54 Å². The van der Waals surface area contributed by atoms with Crippen molar-refractivity contribution in [3.05, 3.63) is 290 Å². The highest BCUT2D eigenvalue weighted by atomic mass is 32.2. The van der Waals surface area contributed by atoms with Gasteiger partial charge in [0.25, 0.3) is 0 Å². The standard InChI is InChI=1S/C71H51N3O2S/c1-6-21-49(22-7-1)37-38-51-45-50-23-16-17-32-59(50)62-46-57(40-42-60(51)62)74(56-30-14-5-15-31-56)64-43-39-52(48-72(53-24-8-2-9-25-53)63-34-20-36-66-69(63)61-33-18-19-35-65(61)75-66)71-70(64)76-67-47-58(41-44-68(67)77-71)73(54-26-10-3-11-27-54)55-28-12-4-13-29-55/h1-36,39-47H,37-38,48H2. The number of anilines is 8. The fourth-order valence-corrected chi connectivity index (χ4v) is 12.3. The van der Waals surface area contributed by atoms with E-state index >= 15 is 0 Å². The molecule has 12 aromatic carbocycles. The Hall–Kier alpha value is -9.49. The van der Waals surface area contributed by atoms with E-state index in [-0.39, 0.29) is 0 Å². The second-order valence-electron chi connectivity index (χ2n) is 19.6. The predicted octanol–water partition coefficient (Wildman–Crippen LogP) is 20.2. The Balaban J connectivity index is 0.957. The SMILES string of the molecule is c1ccc(CCc2cc3ccccc3c3cc(N(c4ccccc4)c4ccc(CN(c5ccccc5)c5cccc6oc7ccccc7c56)c5c4Oc4cc(N(c6ccccc6)c6ccccc6)ccc4S5)ccc23)cc1. The lowest BCUT2D eigenvalue weighted by Crippen LogP contribution is -2.19. The molecule has 0 atom stereocenters. The van der Waals surface area contributed by atoms with E-state index in [4.69, 9.17) is 9.15 Å². The average molecular weight is 1010 g/mol. The minimum atomic E-state index is 0.559. The summed E-state index contributed by atoms with van der Waals surface area (Å²) in [6.45, 7) is 0.559. The summed E-state index contributed by atoms with van der Waals surface area (Å²) in [5, 5.41) is 7.13. The third kappa shape index (κ3) is 8.69. The summed E-state index contributed by atoms with van der Waals surface area (Å²) in [6, 6.07) is 97.6. The Bertz CT molecular complexity index is 4220. The zero-order chi connectivity index (χ0) is 51.1. The lowest BCUT2D eigenvalue weighted by molar-refractivity contribution is 0.454. The third-order valence-electron chi connectivity index (χ3n) is 14.8. The van der Waals surface area contributed by atoms with Gasteiger partial charge in [0.2, 0.25) is 0 Å². The minimum absolute atomic E-state index is 0.559. The molecule has 0 radical (unpaired) electrons. The molecular formula is C71H51N3O2S. The van der Waals surface area contributed by atoms with Gasteiger partial charge in [-0.1, -0.05) is 182 Å². The highest BCUT2D eigenvalue weighted by Crippen LogP contribution is 2.56. The second kappa shape index (κ2) is 20.0. The first kappa shape index (κ1) is 46.1. The second-order valence-corrected chi connectivity index (χ2v) is 20.6. The van der Waals surface area contributed by atoms with Gasteiger partial charge in [-0.15, -0.1) is 0 Å². The zero-order valence-electron chi connectivity index (χ0n) is 42.2. The van der Waals surface area contributed by atoms with E-state index in [0.717, 1.165) is 107 Å². The molecule has 1 aliphatic rings. The molecule has 6 heteroatoms. The smallest absolute Gasteiger partial charge is 0.165 e. The summed E-state index contributed by atoms with van der Waals surface area (Å²) in [7, 11) is 0. The lowest BCUT2D eigenvalue weighted by Gasteiger charge is -2.33. The van der Waals surface area contributed by atoms with E-state index in [9.17, 15) is 0 Å². The Morgan fingerprint density at radius 2 is 0.961 bits per heavy atom. The average Bonchev–Trinajstić information content (AvgIpc) is 3.89. The molecule has 0 spiro atoms. The molecule has 0 amide bonds. The van der Waals surface area contributed by atoms with Crippen LogP contribution in [0.15, 0.2) is 287 Å². The molecule has 13 aromatic rings. The van der Waals surface area contributed by atoms with E-state index < -0.39 is 0 Å². The first-order chi connectivity index (χ1) is 38.2. The fraction of sp³-hybridized carbons (Fsp3) is 0.0423. The van der Waals surface area contributed by atoms with Crippen molar-refractivity contribution in [3.8, 4) is 11.5 Å². The molecule has 0 bridgehead atoms. The van der Waals surface area contributed by atoms with Crippen molar-refractivity contribution in [1.82, 2.24) is 0 Å². The van der Waals surface area contributed by atoms with Gasteiger partial charge in [-0.05, 0) is 148 Å². The van der Waals surface area contributed by atoms with Crippen molar-refractivity contribution in [1.29, 1.82) is 0 Å². The number of benzene rings is 12. The molecule has 0 aliphatic carbocycles. The van der Waals surface area contributed by atoms with Gasteiger partial charge >= 0.3 is 0 Å². The molecule has 5 nitrogen and oxygen atoms in total. The molecule has 368 valence electrons. The van der Waals surface area contributed by atoms with Crippen molar-refractivity contribution in [2.45, 2.75) is 29.2 Å². The maximum absolute atomic E-state index is 7.57. The van der Waals surface area contributed by atoms with Crippen LogP contribution < -0.4 is 19.4 Å². The molecule has 0 fully saturated rings. The summed E-state index contributed by atoms with van der Waals surface area (Å²) in [4.78, 5) is 9.21. The zero-order valence-corrected chi connectivity index (χ0v) is 43.0. The third-order valence-corrected chi connectivity index (χ3v) is 16.1. The Morgan fingerprint density at radius 3 is 1.69 bits per heavy atom. The van der Waals surface area contributed by atoms with Crippen LogP contribution >= 0.6 is 11.8 Å². The van der Waals surface area contributed by atoms with Crippen molar-refractivity contribution in [2.75, 3.05) is 14.7 Å². The summed E-state index contributed by atoms with van der Waals surface area (Å²) in [6.07, 6.45) is 1.90. The van der Waals surface area contributed by atoms with Crippen LogP contribution in [0.2, 0.25) is 0 Å². The van der Waals surface area contributed by atoms with E-state index in [1.54, 1.807) is 11.8 Å². The quantitative estimate of drug-likeness (QED) is 0.107. The van der Waals surface area contributed by atoms with Crippen LogP contribution in [0, 0.1) is 0 Å². The summed E-state index contributed by atoms with van der Waals surface area (Å²) >= 11 is 1.78. The first-order valence-corrected chi connectivity index (χ1v) is 27.1. The van der Waals surface area contributed by atoms with Crippen LogP contribution in [-0.4, -0.2) is 0 Å². The van der Waals surface area contributed by atoms with Crippen LogP contribution in [0.3, 0.4) is 0 Å². The number of fused-ring (bicyclic) bond motifs is 8. The van der Waals surface area contributed by atoms with Gasteiger partial charge in [0.15, 0.2) is 5.75 Å². The van der Waals surface area contributed by atoms with Gasteiger partial charge in [0, 0.05) is 52.1 Å². The predicted molar refractivity (Wildman–Crippen MR) is 321 cm³/mol. The summed E-state index contributed by atoms with van der Waals surface area (Å²) < 4.78 is 14.1. The molecule has 0 unspecified atom stereocenters. The number of furan rings is 1. The number of hydrogen-bond donors (Lipinski definition) is 0. The van der Waals surface area contributed by atoms with Gasteiger partial charge in [-0.3, -0.25) is 0 Å². The molecule has 0 saturated heterocycles. The van der Waals surface area contributed by atoms with E-state index in [1.807, 2.05) is 6.07 Å². The first-order valence-electron chi connectivity index (χ1n) is 26.3. The van der Waals surface area contributed by atoms with Gasteiger partial charge in [0.1, 0.15) is 16.9 Å². The van der Waals surface area contributed by atoms with Crippen LogP contribution in [0.25, 0.3) is 43.5 Å². The number of ether oxygens (including phenoxy) is 1. The molecule has 1 aromatic heterocycles. The molecule has 0 N–H and O–H groups in total. The van der Waals surface area contributed by atoms with Crippen LogP contribution in [0.1, 0.15) is 16.7 Å². The Morgan fingerprint density at radius 1 is 0.364 bits per heavy atom. The molecular weight excluding hydrogens is 959 g/mol. The van der Waals surface area contributed by atoms with Crippen LogP contribution in [0.4, 0.5) is 45.5 Å². The topological polar surface area (TPSA) is 32.1 Å². The molecule has 2 heterocycles. The van der Waals surface area contributed by atoms with Crippen LogP contribution in [0.5, 0.6) is 11.5 Å². The van der Waals surface area contributed by atoms with Crippen molar-refractivity contribution < 1.29 is 9.15 Å². The number of hydrogen-bond acceptors (Lipinski definition) is 6. The van der Waals surface area contributed by atoms with Crippen molar-refractivity contribution in [2.24, 2.45) is 0 Å². The molecule has 1 aliphatic heterocycles. The lowest BCUT2D eigenvalue weighted by atomic mass is 9.93. The number of para-hydroxylation sites is 5. The Labute approximate surface area is 452 Å². The molecule has 77 heavy (non-hydrogen) atoms. The number of nitrogens with zero attached hydrogens (tertiary/aromatic N) is 3. The normalized spacial score (nSPS) is 11.8. The van der Waals surface area contributed by atoms with Crippen LogP contribution in [-0.2, 0) is 19.4 Å². The van der Waals surface area contributed by atoms with Gasteiger partial charge in [-0.25, -0.2) is 0 Å². The fourth-order valence-electron chi connectivity index (χ4n) is 11.2. The monoisotopic (exact) mass is 1010 g/mol. The van der Waals surface area contributed by atoms with Gasteiger partial charge in [0.05, 0.1) is 26.6 Å². The summed E-state index contributed by atoms with van der Waals surface area (Å²) in [5.41, 5.74) is 13.8. The molecule has 14 rings (SSSR count). The summed E-state index contributed by atoms with van der Waals surface area (Å²) in [5.74, 6) is 1.60. The molecule has 0 saturated carbocycles. The largest absolute Gasteiger partial charge is 0.456 e. The van der Waals surface area contributed by atoms with Gasteiger partial charge < -0.3 is 23.9 Å². The number of aryl methyl sites for hydroxylation is 2. The maximum Gasteiger partial charge on any atom is 0.165 e. The van der Waals surface area contributed by atoms with E-state index in [1.165, 1.54) is 32.7 Å². The maximum atomic E-state index is 7.57. The van der Waals surface area contributed by atoms with Crippen molar-refractivity contribution in [3.63, 3.8) is 0 Å². The van der Waals surface area contributed by atoms with Gasteiger partial charge in [-0.2, -0.15) is 0 Å².